The number of piperidine rings is 1. The van der Waals surface area contributed by atoms with E-state index in [1.807, 2.05) is 17.6 Å². The number of hydrogen-bond acceptors (Lipinski definition) is 7. The van der Waals surface area contributed by atoms with Crippen LogP contribution in [0.5, 0.6) is 0 Å². The number of rotatable bonds is 6. The molecule has 2 aliphatic rings. The van der Waals surface area contributed by atoms with Gasteiger partial charge >= 0.3 is 0 Å². The Bertz CT molecular complexity index is 1190. The fourth-order valence-electron chi connectivity index (χ4n) is 4.94. The molecule has 5 rings (SSSR count). The third kappa shape index (κ3) is 4.66. The second kappa shape index (κ2) is 9.69. The van der Waals surface area contributed by atoms with Crippen molar-refractivity contribution in [2.24, 2.45) is 0 Å². The molecule has 0 atom stereocenters. The molecule has 0 radical (unpaired) electrons. The highest BCUT2D eigenvalue weighted by Crippen LogP contribution is 2.26. The summed E-state index contributed by atoms with van der Waals surface area (Å²) in [5.41, 5.74) is 1.77. The molecule has 2 aromatic heterocycles. The van der Waals surface area contributed by atoms with Crippen molar-refractivity contribution in [3.05, 3.63) is 35.6 Å². The SMILES string of the molecule is CCn1c(CN2CCCN(c3nccs3)CC2)nc2cc(S(=O)(=O)N3CCCCC3)ccc21. The Morgan fingerprint density at radius 3 is 2.61 bits per heavy atom. The monoisotopic (exact) mass is 488 g/mol. The number of aromatic nitrogens is 3. The van der Waals surface area contributed by atoms with E-state index < -0.39 is 10.0 Å². The van der Waals surface area contributed by atoms with Gasteiger partial charge in [0.25, 0.3) is 0 Å². The van der Waals surface area contributed by atoms with E-state index >= 15 is 0 Å². The molecule has 178 valence electrons. The third-order valence-corrected chi connectivity index (χ3v) is 9.44. The van der Waals surface area contributed by atoms with E-state index in [4.69, 9.17) is 4.98 Å². The third-order valence-electron chi connectivity index (χ3n) is 6.71. The quantitative estimate of drug-likeness (QED) is 0.529. The van der Waals surface area contributed by atoms with Gasteiger partial charge in [-0.15, -0.1) is 11.3 Å². The van der Waals surface area contributed by atoms with Crippen LogP contribution in [0.15, 0.2) is 34.7 Å². The maximum Gasteiger partial charge on any atom is 0.243 e. The molecule has 0 spiro atoms. The highest BCUT2D eigenvalue weighted by molar-refractivity contribution is 7.89. The Hall–Kier alpha value is -2.01. The lowest BCUT2D eigenvalue weighted by Crippen LogP contribution is -2.35. The zero-order chi connectivity index (χ0) is 22.8. The number of hydrogen-bond donors (Lipinski definition) is 0. The Morgan fingerprint density at radius 2 is 1.85 bits per heavy atom. The minimum atomic E-state index is -3.46. The molecule has 4 heterocycles. The van der Waals surface area contributed by atoms with Crippen LogP contribution in [0.2, 0.25) is 0 Å². The van der Waals surface area contributed by atoms with Gasteiger partial charge in [-0.25, -0.2) is 18.4 Å². The van der Waals surface area contributed by atoms with E-state index in [0.29, 0.717) is 18.0 Å². The van der Waals surface area contributed by atoms with Gasteiger partial charge in [0.2, 0.25) is 10.0 Å². The lowest BCUT2D eigenvalue weighted by Gasteiger charge is -2.25. The first-order chi connectivity index (χ1) is 16.1. The van der Waals surface area contributed by atoms with Gasteiger partial charge in [-0.3, -0.25) is 4.90 Å². The van der Waals surface area contributed by atoms with Crippen LogP contribution in [0.3, 0.4) is 0 Å². The summed E-state index contributed by atoms with van der Waals surface area (Å²) in [5.74, 6) is 1.00. The van der Waals surface area contributed by atoms with Gasteiger partial charge in [0.15, 0.2) is 5.13 Å². The number of anilines is 1. The summed E-state index contributed by atoms with van der Waals surface area (Å²) in [7, 11) is -3.46. The van der Waals surface area contributed by atoms with E-state index in [1.54, 1.807) is 27.8 Å². The summed E-state index contributed by atoms with van der Waals surface area (Å²) in [4.78, 5) is 14.6. The number of fused-ring (bicyclic) bond motifs is 1. The van der Waals surface area contributed by atoms with Crippen molar-refractivity contribution in [3.8, 4) is 0 Å². The molecule has 2 saturated heterocycles. The van der Waals surface area contributed by atoms with E-state index in [2.05, 4.69) is 26.3 Å². The second-order valence-corrected chi connectivity index (χ2v) is 11.6. The molecule has 3 aromatic rings. The van der Waals surface area contributed by atoms with Gasteiger partial charge in [0.1, 0.15) is 5.82 Å². The first kappa shape index (κ1) is 22.8. The van der Waals surface area contributed by atoms with Crippen LogP contribution in [0.4, 0.5) is 5.13 Å². The summed E-state index contributed by atoms with van der Waals surface area (Å²) in [6.45, 7) is 8.87. The summed E-state index contributed by atoms with van der Waals surface area (Å²) in [6, 6.07) is 5.45. The fourth-order valence-corrected chi connectivity index (χ4v) is 7.17. The fraction of sp³-hybridized carbons (Fsp3) is 0.565. The molecule has 2 aliphatic heterocycles. The molecule has 0 bridgehead atoms. The normalized spacial score (nSPS) is 19.2. The van der Waals surface area contributed by atoms with Crippen LogP contribution in [0, 0.1) is 0 Å². The van der Waals surface area contributed by atoms with Gasteiger partial charge in [-0.05, 0) is 44.4 Å². The number of benzene rings is 1. The van der Waals surface area contributed by atoms with Crippen molar-refractivity contribution in [3.63, 3.8) is 0 Å². The van der Waals surface area contributed by atoms with Crippen molar-refractivity contribution in [1.82, 2.24) is 23.7 Å². The lowest BCUT2D eigenvalue weighted by molar-refractivity contribution is 0.275. The molecule has 0 amide bonds. The Kier molecular flexibility index (Phi) is 6.69. The molecule has 8 nitrogen and oxygen atoms in total. The van der Waals surface area contributed by atoms with Crippen molar-refractivity contribution < 1.29 is 8.42 Å². The smallest absolute Gasteiger partial charge is 0.243 e. The first-order valence-electron chi connectivity index (χ1n) is 11.9. The van der Waals surface area contributed by atoms with Gasteiger partial charge in [0, 0.05) is 57.4 Å². The number of sulfonamides is 1. The molecule has 0 saturated carbocycles. The van der Waals surface area contributed by atoms with Crippen molar-refractivity contribution in [1.29, 1.82) is 0 Å². The molecule has 0 aliphatic carbocycles. The Labute approximate surface area is 199 Å². The second-order valence-electron chi connectivity index (χ2n) is 8.82. The number of aryl methyl sites for hydroxylation is 1. The molecule has 10 heteroatoms. The predicted octanol–water partition coefficient (Wildman–Crippen LogP) is 3.40. The highest BCUT2D eigenvalue weighted by Gasteiger charge is 2.27. The van der Waals surface area contributed by atoms with Gasteiger partial charge in [-0.1, -0.05) is 6.42 Å². The largest absolute Gasteiger partial charge is 0.347 e. The molecule has 1 aromatic carbocycles. The van der Waals surface area contributed by atoms with Crippen LogP contribution in [-0.2, 0) is 23.1 Å². The van der Waals surface area contributed by atoms with Crippen molar-refractivity contribution in [2.75, 3.05) is 44.2 Å². The summed E-state index contributed by atoms with van der Waals surface area (Å²) in [6.07, 6.45) is 5.93. The molecule has 0 N–H and O–H groups in total. The highest BCUT2D eigenvalue weighted by atomic mass is 32.2. The number of thiazole rings is 1. The summed E-state index contributed by atoms with van der Waals surface area (Å²) in [5, 5.41) is 3.13. The average Bonchev–Trinajstić information content (AvgIpc) is 3.42. The zero-order valence-corrected chi connectivity index (χ0v) is 20.8. The van der Waals surface area contributed by atoms with E-state index in [9.17, 15) is 8.42 Å². The van der Waals surface area contributed by atoms with Crippen LogP contribution in [0.1, 0.15) is 38.4 Å². The lowest BCUT2D eigenvalue weighted by atomic mass is 10.2. The topological polar surface area (TPSA) is 74.6 Å². The van der Waals surface area contributed by atoms with Gasteiger partial charge in [0.05, 0.1) is 22.5 Å². The van der Waals surface area contributed by atoms with E-state index in [0.717, 1.165) is 86.9 Å². The zero-order valence-electron chi connectivity index (χ0n) is 19.2. The Balaban J connectivity index is 1.36. The van der Waals surface area contributed by atoms with Crippen LogP contribution in [-0.4, -0.2) is 71.4 Å². The molecular formula is C23H32N6O2S2. The van der Waals surface area contributed by atoms with Crippen LogP contribution in [0.25, 0.3) is 11.0 Å². The van der Waals surface area contributed by atoms with Gasteiger partial charge < -0.3 is 9.47 Å². The minimum Gasteiger partial charge on any atom is -0.347 e. The predicted molar refractivity (Wildman–Crippen MR) is 132 cm³/mol. The van der Waals surface area contributed by atoms with E-state index in [1.165, 1.54) is 0 Å². The number of nitrogens with zero attached hydrogens (tertiary/aromatic N) is 6. The molecular weight excluding hydrogens is 456 g/mol. The minimum absolute atomic E-state index is 0.359. The standard InChI is InChI=1S/C23H32N6O2S2/c1-2-29-21-8-7-19(33(30,31)28-12-4-3-5-13-28)17-20(21)25-22(29)18-26-10-6-11-27(15-14-26)23-24-9-16-32-23/h7-9,16-17H,2-6,10-15,18H2,1H3. The number of imidazole rings is 1. The van der Waals surface area contributed by atoms with Crippen molar-refractivity contribution >= 4 is 37.5 Å². The molecule has 0 unspecified atom stereocenters. The molecule has 2 fully saturated rings. The average molecular weight is 489 g/mol. The molecule has 33 heavy (non-hydrogen) atoms. The van der Waals surface area contributed by atoms with E-state index in [-0.39, 0.29) is 0 Å². The van der Waals surface area contributed by atoms with Crippen molar-refractivity contribution in [2.45, 2.75) is 50.6 Å². The van der Waals surface area contributed by atoms with Crippen LogP contribution < -0.4 is 4.90 Å². The van der Waals surface area contributed by atoms with Crippen LogP contribution >= 0.6 is 11.3 Å². The Morgan fingerprint density at radius 1 is 1.00 bits per heavy atom. The first-order valence-corrected chi connectivity index (χ1v) is 14.2. The maximum atomic E-state index is 13.1. The van der Waals surface area contributed by atoms with Gasteiger partial charge in [-0.2, -0.15) is 4.31 Å². The summed E-state index contributed by atoms with van der Waals surface area (Å²) < 4.78 is 30.1. The maximum absolute atomic E-state index is 13.1. The summed E-state index contributed by atoms with van der Waals surface area (Å²) >= 11 is 1.69.